The Morgan fingerprint density at radius 3 is 2.23 bits per heavy atom. The molecule has 2 N–H and O–H groups in total. The molecule has 0 radical (unpaired) electrons. The summed E-state index contributed by atoms with van der Waals surface area (Å²) < 4.78 is 0. The fraction of sp³-hybridized carbons (Fsp3) is 0.417. The summed E-state index contributed by atoms with van der Waals surface area (Å²) in [6.45, 7) is 7.75. The van der Waals surface area contributed by atoms with E-state index < -0.39 is 0 Å². The molecule has 1 aliphatic heterocycles. The fourth-order valence-electron chi connectivity index (χ4n) is 3.53. The van der Waals surface area contributed by atoms with Crippen LogP contribution in [0.1, 0.15) is 34.8 Å². The Balaban J connectivity index is 1.38. The average Bonchev–Trinajstić information content (AvgIpc) is 2.75. The summed E-state index contributed by atoms with van der Waals surface area (Å²) in [4.78, 5) is 29.2. The van der Waals surface area contributed by atoms with Gasteiger partial charge in [0.05, 0.1) is 0 Å². The number of hydrogen-bond donors (Lipinski definition) is 2. The minimum atomic E-state index is -0.233. The zero-order valence-electron chi connectivity index (χ0n) is 17.9. The molecule has 2 aromatic rings. The van der Waals surface area contributed by atoms with Gasteiger partial charge in [-0.3, -0.25) is 14.5 Å². The minimum Gasteiger partial charge on any atom is -0.352 e. The summed E-state index contributed by atoms with van der Waals surface area (Å²) >= 11 is 0. The summed E-state index contributed by atoms with van der Waals surface area (Å²) in [5, 5.41) is 5.81. The molecular formula is C24H32N4O2. The van der Waals surface area contributed by atoms with E-state index in [9.17, 15) is 9.59 Å². The molecule has 0 saturated carbocycles. The van der Waals surface area contributed by atoms with Crippen molar-refractivity contribution in [3.05, 3.63) is 71.3 Å². The van der Waals surface area contributed by atoms with Gasteiger partial charge in [0, 0.05) is 57.3 Å². The van der Waals surface area contributed by atoms with E-state index in [1.54, 1.807) is 12.1 Å². The average molecular weight is 409 g/mol. The molecule has 1 unspecified atom stereocenters. The van der Waals surface area contributed by atoms with Crippen LogP contribution in [0.4, 0.5) is 0 Å². The Bertz CT molecular complexity index is 815. The number of nitrogens with one attached hydrogen (secondary N) is 2. The molecule has 6 nitrogen and oxygen atoms in total. The number of piperazine rings is 1. The largest absolute Gasteiger partial charge is 0.352 e. The van der Waals surface area contributed by atoms with Crippen molar-refractivity contribution in [1.82, 2.24) is 20.4 Å². The van der Waals surface area contributed by atoms with Crippen molar-refractivity contribution < 1.29 is 9.59 Å². The number of nitrogens with zero attached hydrogens (tertiary/aromatic N) is 2. The lowest BCUT2D eigenvalue weighted by Crippen LogP contribution is -2.43. The van der Waals surface area contributed by atoms with Crippen LogP contribution in [-0.2, 0) is 17.9 Å². The van der Waals surface area contributed by atoms with Gasteiger partial charge < -0.3 is 15.5 Å². The van der Waals surface area contributed by atoms with E-state index in [4.69, 9.17) is 0 Å². The topological polar surface area (TPSA) is 64.7 Å². The highest BCUT2D eigenvalue weighted by Crippen LogP contribution is 2.10. The Morgan fingerprint density at radius 1 is 0.933 bits per heavy atom. The molecule has 2 aromatic carbocycles. The first-order valence-corrected chi connectivity index (χ1v) is 10.6. The number of rotatable bonds is 8. The van der Waals surface area contributed by atoms with Crippen LogP contribution in [0.25, 0.3) is 0 Å². The van der Waals surface area contributed by atoms with Crippen LogP contribution >= 0.6 is 0 Å². The second-order valence-corrected chi connectivity index (χ2v) is 8.12. The second-order valence-electron chi connectivity index (χ2n) is 8.12. The SMILES string of the molecule is CC(CC(=O)NCc1ccc(CN2CCN(C)CC2)cc1)NC(=O)c1ccccc1. The van der Waals surface area contributed by atoms with Crippen LogP contribution in [-0.4, -0.2) is 60.9 Å². The quantitative estimate of drug-likeness (QED) is 0.703. The van der Waals surface area contributed by atoms with Crippen LogP contribution in [0.2, 0.25) is 0 Å². The lowest BCUT2D eigenvalue weighted by molar-refractivity contribution is -0.121. The number of amides is 2. The van der Waals surface area contributed by atoms with E-state index in [0.717, 1.165) is 38.3 Å². The van der Waals surface area contributed by atoms with Gasteiger partial charge in [0.15, 0.2) is 0 Å². The molecule has 2 amide bonds. The van der Waals surface area contributed by atoms with Gasteiger partial charge in [-0.25, -0.2) is 0 Å². The van der Waals surface area contributed by atoms with Crippen molar-refractivity contribution in [3.8, 4) is 0 Å². The van der Waals surface area contributed by atoms with Crippen LogP contribution < -0.4 is 10.6 Å². The highest BCUT2D eigenvalue weighted by molar-refractivity contribution is 5.94. The maximum absolute atomic E-state index is 12.2. The number of hydrogen-bond acceptors (Lipinski definition) is 4. The van der Waals surface area contributed by atoms with Gasteiger partial charge in [-0.2, -0.15) is 0 Å². The van der Waals surface area contributed by atoms with Crippen LogP contribution in [0.15, 0.2) is 54.6 Å². The van der Waals surface area contributed by atoms with Gasteiger partial charge in [-0.15, -0.1) is 0 Å². The van der Waals surface area contributed by atoms with Crippen molar-refractivity contribution in [1.29, 1.82) is 0 Å². The molecule has 1 atom stereocenters. The van der Waals surface area contributed by atoms with Gasteiger partial charge in [0.25, 0.3) is 5.91 Å². The third kappa shape index (κ3) is 6.97. The zero-order chi connectivity index (χ0) is 21.3. The third-order valence-electron chi connectivity index (χ3n) is 5.42. The highest BCUT2D eigenvalue weighted by atomic mass is 16.2. The molecule has 1 aliphatic rings. The van der Waals surface area contributed by atoms with Crippen LogP contribution in [0, 0.1) is 0 Å². The van der Waals surface area contributed by atoms with Gasteiger partial charge >= 0.3 is 0 Å². The smallest absolute Gasteiger partial charge is 0.251 e. The van der Waals surface area contributed by atoms with E-state index in [2.05, 4.69) is 51.7 Å². The molecular weight excluding hydrogens is 376 g/mol. The first-order valence-electron chi connectivity index (χ1n) is 10.6. The third-order valence-corrected chi connectivity index (χ3v) is 5.42. The second kappa shape index (κ2) is 10.9. The number of carbonyl (C=O) groups excluding carboxylic acids is 2. The van der Waals surface area contributed by atoms with E-state index in [1.807, 2.05) is 25.1 Å². The monoisotopic (exact) mass is 408 g/mol. The van der Waals surface area contributed by atoms with Gasteiger partial charge in [-0.05, 0) is 37.2 Å². The van der Waals surface area contributed by atoms with Crippen molar-refractivity contribution >= 4 is 11.8 Å². The summed E-state index contributed by atoms with van der Waals surface area (Å²) in [5.74, 6) is -0.232. The van der Waals surface area contributed by atoms with Gasteiger partial charge in [-0.1, -0.05) is 42.5 Å². The van der Waals surface area contributed by atoms with Crippen molar-refractivity contribution in [3.63, 3.8) is 0 Å². The minimum absolute atomic E-state index is 0.0719. The first kappa shape index (κ1) is 22.0. The molecule has 6 heteroatoms. The summed E-state index contributed by atoms with van der Waals surface area (Å²) in [5.41, 5.74) is 2.97. The Morgan fingerprint density at radius 2 is 1.57 bits per heavy atom. The molecule has 0 bridgehead atoms. The molecule has 1 heterocycles. The van der Waals surface area contributed by atoms with E-state index in [-0.39, 0.29) is 24.3 Å². The molecule has 0 aliphatic carbocycles. The lowest BCUT2D eigenvalue weighted by Gasteiger charge is -2.32. The van der Waals surface area contributed by atoms with E-state index in [0.29, 0.717) is 12.1 Å². The van der Waals surface area contributed by atoms with E-state index >= 15 is 0 Å². The first-order chi connectivity index (χ1) is 14.5. The molecule has 160 valence electrons. The van der Waals surface area contributed by atoms with Gasteiger partial charge in [0.2, 0.25) is 5.91 Å². The zero-order valence-corrected chi connectivity index (χ0v) is 17.9. The van der Waals surface area contributed by atoms with Crippen molar-refractivity contribution in [2.24, 2.45) is 0 Å². The fourth-order valence-corrected chi connectivity index (χ4v) is 3.53. The molecule has 0 aromatic heterocycles. The number of carbonyl (C=O) groups is 2. The maximum Gasteiger partial charge on any atom is 0.251 e. The van der Waals surface area contributed by atoms with Crippen LogP contribution in [0.3, 0.4) is 0 Å². The Labute approximate surface area is 179 Å². The van der Waals surface area contributed by atoms with E-state index in [1.165, 1.54) is 5.56 Å². The van der Waals surface area contributed by atoms with Crippen molar-refractivity contribution in [2.45, 2.75) is 32.5 Å². The predicted molar refractivity (Wildman–Crippen MR) is 119 cm³/mol. The number of likely N-dealkylation sites (N-methyl/N-ethyl adjacent to an activating group) is 1. The van der Waals surface area contributed by atoms with Crippen LogP contribution in [0.5, 0.6) is 0 Å². The highest BCUT2D eigenvalue weighted by Gasteiger charge is 2.14. The Hall–Kier alpha value is -2.70. The Kier molecular flexibility index (Phi) is 7.99. The predicted octanol–water partition coefficient (Wildman–Crippen LogP) is 2.26. The van der Waals surface area contributed by atoms with Crippen molar-refractivity contribution in [2.75, 3.05) is 33.2 Å². The normalized spacial score (nSPS) is 16.1. The molecule has 1 saturated heterocycles. The number of benzene rings is 2. The standard InChI is InChI=1S/C24H32N4O2/c1-19(26-24(30)22-6-4-3-5-7-22)16-23(29)25-17-20-8-10-21(11-9-20)18-28-14-12-27(2)13-15-28/h3-11,19H,12-18H2,1-2H3,(H,25,29)(H,26,30). The maximum atomic E-state index is 12.2. The summed E-state index contributed by atoms with van der Waals surface area (Å²) in [6, 6.07) is 17.2. The summed E-state index contributed by atoms with van der Waals surface area (Å²) in [6.07, 6.45) is 0.250. The molecule has 1 fully saturated rings. The molecule has 30 heavy (non-hydrogen) atoms. The molecule has 0 spiro atoms. The lowest BCUT2D eigenvalue weighted by atomic mass is 10.1. The molecule has 3 rings (SSSR count). The summed E-state index contributed by atoms with van der Waals surface area (Å²) in [7, 11) is 2.17. The van der Waals surface area contributed by atoms with Gasteiger partial charge in [0.1, 0.15) is 0 Å².